The minimum Gasteiger partial charge on any atom is -0.472 e. The Morgan fingerprint density at radius 3 is 3.00 bits per heavy atom. The summed E-state index contributed by atoms with van der Waals surface area (Å²) in [5, 5.41) is 10.4. The van der Waals surface area contributed by atoms with Crippen LogP contribution in [0.15, 0.2) is 23.0 Å². The third-order valence-electron chi connectivity index (χ3n) is 6.26. The fourth-order valence-electron chi connectivity index (χ4n) is 4.63. The van der Waals surface area contributed by atoms with Crippen LogP contribution in [0.2, 0.25) is 0 Å². The molecule has 5 rings (SSSR count). The Morgan fingerprint density at radius 1 is 1.38 bits per heavy atom. The molecular formula is C19H22N4O3. The Labute approximate surface area is 151 Å². The highest BCUT2D eigenvalue weighted by atomic mass is 16.3. The molecule has 2 aromatic rings. The Hall–Kier alpha value is -2.57. The summed E-state index contributed by atoms with van der Waals surface area (Å²) in [6, 6.07) is 1.97. The average Bonchev–Trinajstić information content (AvgIpc) is 3.27. The van der Waals surface area contributed by atoms with Gasteiger partial charge in [0, 0.05) is 35.8 Å². The fourth-order valence-corrected chi connectivity index (χ4v) is 4.63. The number of likely N-dealkylation sites (tertiary alicyclic amines) is 1. The van der Waals surface area contributed by atoms with Crippen molar-refractivity contribution in [2.75, 3.05) is 13.1 Å². The normalized spacial score (nSPS) is 22.6. The predicted molar refractivity (Wildman–Crippen MR) is 92.5 cm³/mol. The summed E-state index contributed by atoms with van der Waals surface area (Å²) in [6.45, 7) is 1.42. The van der Waals surface area contributed by atoms with Crippen molar-refractivity contribution < 1.29 is 14.0 Å². The largest absolute Gasteiger partial charge is 0.472 e. The summed E-state index contributed by atoms with van der Waals surface area (Å²) in [4.78, 5) is 26.9. The van der Waals surface area contributed by atoms with Crippen LogP contribution in [0.1, 0.15) is 46.6 Å². The lowest BCUT2D eigenvalue weighted by molar-refractivity contribution is -0.128. The molecule has 1 unspecified atom stereocenters. The zero-order valence-corrected chi connectivity index (χ0v) is 14.6. The van der Waals surface area contributed by atoms with Gasteiger partial charge in [0.2, 0.25) is 5.91 Å². The van der Waals surface area contributed by atoms with E-state index in [1.165, 1.54) is 0 Å². The van der Waals surface area contributed by atoms with Crippen LogP contribution in [0.3, 0.4) is 0 Å². The lowest BCUT2D eigenvalue weighted by Crippen LogP contribution is -2.71. The molecule has 2 N–H and O–H groups in total. The Balaban J connectivity index is 1.19. The van der Waals surface area contributed by atoms with Gasteiger partial charge in [-0.1, -0.05) is 0 Å². The molecule has 26 heavy (non-hydrogen) atoms. The van der Waals surface area contributed by atoms with Gasteiger partial charge >= 0.3 is 0 Å². The minimum absolute atomic E-state index is 0.0189. The predicted octanol–water partition coefficient (Wildman–Crippen LogP) is 1.45. The van der Waals surface area contributed by atoms with Gasteiger partial charge in [0.1, 0.15) is 0 Å². The van der Waals surface area contributed by atoms with E-state index in [4.69, 9.17) is 4.42 Å². The summed E-state index contributed by atoms with van der Waals surface area (Å²) in [5.41, 5.74) is 3.77. The summed E-state index contributed by atoms with van der Waals surface area (Å²) < 4.78 is 5.01. The van der Waals surface area contributed by atoms with E-state index in [-0.39, 0.29) is 23.3 Å². The molecule has 0 aromatic carbocycles. The number of amides is 2. The lowest BCUT2D eigenvalue weighted by Gasteiger charge is -2.60. The van der Waals surface area contributed by atoms with Gasteiger partial charge in [0.25, 0.3) is 5.91 Å². The highest BCUT2D eigenvalue weighted by Gasteiger charge is 2.56. The standard InChI is InChI=1S/C19H22N4O3/c24-16(8-12-5-7-26-9-12)20-15-4-6-19(15)10-23(11-19)18(25)17-13-2-1-3-14(13)21-22-17/h5,7,9,15H,1-4,6,8,10-11H2,(H,20,24)(H,21,22). The Bertz CT molecular complexity index is 848. The van der Waals surface area contributed by atoms with Crippen molar-refractivity contribution in [3.05, 3.63) is 41.1 Å². The summed E-state index contributed by atoms with van der Waals surface area (Å²) in [7, 11) is 0. The number of nitrogens with one attached hydrogen (secondary N) is 2. The number of aromatic nitrogens is 2. The van der Waals surface area contributed by atoms with Crippen molar-refractivity contribution in [2.24, 2.45) is 5.41 Å². The zero-order chi connectivity index (χ0) is 17.7. The number of aromatic amines is 1. The van der Waals surface area contributed by atoms with Crippen molar-refractivity contribution in [3.63, 3.8) is 0 Å². The number of H-pyrrole nitrogens is 1. The second kappa shape index (κ2) is 5.72. The Kier molecular flexibility index (Phi) is 3.45. The van der Waals surface area contributed by atoms with Gasteiger partial charge in [0.15, 0.2) is 5.69 Å². The fraction of sp³-hybridized carbons (Fsp3) is 0.526. The van der Waals surface area contributed by atoms with E-state index in [9.17, 15) is 9.59 Å². The number of furan rings is 1. The molecule has 1 saturated heterocycles. The number of rotatable bonds is 4. The van der Waals surface area contributed by atoms with E-state index in [1.54, 1.807) is 12.5 Å². The number of fused-ring (bicyclic) bond motifs is 1. The first-order valence-electron chi connectivity index (χ1n) is 9.30. The van der Waals surface area contributed by atoms with Gasteiger partial charge in [0.05, 0.1) is 18.9 Å². The molecule has 3 aliphatic rings. The molecule has 7 nitrogen and oxygen atoms in total. The van der Waals surface area contributed by atoms with Crippen LogP contribution in [0.5, 0.6) is 0 Å². The topological polar surface area (TPSA) is 91.2 Å². The molecule has 0 radical (unpaired) electrons. The van der Waals surface area contributed by atoms with E-state index in [0.29, 0.717) is 25.2 Å². The Morgan fingerprint density at radius 2 is 2.27 bits per heavy atom. The van der Waals surface area contributed by atoms with Crippen molar-refractivity contribution in [3.8, 4) is 0 Å². The van der Waals surface area contributed by atoms with Crippen LogP contribution in [0, 0.1) is 5.41 Å². The smallest absolute Gasteiger partial charge is 0.274 e. The molecule has 3 heterocycles. The number of hydrogen-bond donors (Lipinski definition) is 2. The van der Waals surface area contributed by atoms with E-state index >= 15 is 0 Å². The molecule has 2 aliphatic carbocycles. The van der Waals surface area contributed by atoms with Crippen LogP contribution in [0.25, 0.3) is 0 Å². The quantitative estimate of drug-likeness (QED) is 0.869. The maximum Gasteiger partial charge on any atom is 0.274 e. The van der Waals surface area contributed by atoms with E-state index in [1.807, 2.05) is 11.0 Å². The molecular weight excluding hydrogens is 332 g/mol. The lowest BCUT2D eigenvalue weighted by atomic mass is 9.59. The van der Waals surface area contributed by atoms with E-state index < -0.39 is 0 Å². The molecule has 0 bridgehead atoms. The number of carbonyl (C=O) groups is 2. The SMILES string of the molecule is O=C(Cc1ccoc1)NC1CCC12CN(C(=O)c1n[nH]c3c1CCC3)C2. The molecule has 2 fully saturated rings. The van der Waals surface area contributed by atoms with Crippen molar-refractivity contribution >= 4 is 11.8 Å². The minimum atomic E-state index is 0.0189. The van der Waals surface area contributed by atoms with Crippen molar-refractivity contribution in [1.82, 2.24) is 20.4 Å². The number of hydrogen-bond acceptors (Lipinski definition) is 4. The molecule has 1 saturated carbocycles. The van der Waals surface area contributed by atoms with Crippen LogP contribution >= 0.6 is 0 Å². The van der Waals surface area contributed by atoms with Crippen LogP contribution in [-0.4, -0.2) is 46.0 Å². The van der Waals surface area contributed by atoms with E-state index in [0.717, 1.165) is 48.9 Å². The summed E-state index contributed by atoms with van der Waals surface area (Å²) in [5.74, 6) is 0.0516. The van der Waals surface area contributed by atoms with Crippen LogP contribution in [0.4, 0.5) is 0 Å². The van der Waals surface area contributed by atoms with Crippen molar-refractivity contribution in [1.29, 1.82) is 0 Å². The first-order valence-corrected chi connectivity index (χ1v) is 9.30. The van der Waals surface area contributed by atoms with Gasteiger partial charge in [-0.25, -0.2) is 0 Å². The molecule has 1 atom stereocenters. The van der Waals surface area contributed by atoms with Crippen molar-refractivity contribution in [2.45, 2.75) is 44.6 Å². The molecule has 136 valence electrons. The third kappa shape index (κ3) is 2.37. The number of aryl methyl sites for hydroxylation is 1. The van der Waals surface area contributed by atoms with E-state index in [2.05, 4.69) is 15.5 Å². The molecule has 1 aliphatic heterocycles. The zero-order valence-electron chi connectivity index (χ0n) is 14.6. The first-order chi connectivity index (χ1) is 12.6. The molecule has 2 aromatic heterocycles. The van der Waals surface area contributed by atoms with Gasteiger partial charge in [-0.2, -0.15) is 5.10 Å². The van der Waals surface area contributed by atoms with Crippen LogP contribution in [-0.2, 0) is 24.1 Å². The molecule has 2 amide bonds. The average molecular weight is 354 g/mol. The summed E-state index contributed by atoms with van der Waals surface area (Å²) >= 11 is 0. The maximum absolute atomic E-state index is 12.8. The van der Waals surface area contributed by atoms with Gasteiger partial charge in [-0.3, -0.25) is 14.7 Å². The first kappa shape index (κ1) is 15.7. The monoisotopic (exact) mass is 354 g/mol. The highest BCUT2D eigenvalue weighted by Crippen LogP contribution is 2.49. The van der Waals surface area contributed by atoms with Gasteiger partial charge in [-0.05, 0) is 43.7 Å². The van der Waals surface area contributed by atoms with Gasteiger partial charge < -0.3 is 14.6 Å². The molecule has 7 heteroatoms. The molecule has 1 spiro atoms. The summed E-state index contributed by atoms with van der Waals surface area (Å²) in [6.07, 6.45) is 8.59. The third-order valence-corrected chi connectivity index (χ3v) is 6.26. The van der Waals surface area contributed by atoms with Crippen LogP contribution < -0.4 is 5.32 Å². The number of nitrogens with zero attached hydrogens (tertiary/aromatic N) is 2. The maximum atomic E-state index is 12.8. The highest BCUT2D eigenvalue weighted by molar-refractivity contribution is 5.95. The number of carbonyl (C=O) groups excluding carboxylic acids is 2. The second-order valence-electron chi connectivity index (χ2n) is 7.87. The second-order valence-corrected chi connectivity index (χ2v) is 7.87. The van der Waals surface area contributed by atoms with Gasteiger partial charge in [-0.15, -0.1) is 0 Å².